The number of aryl methyl sites for hydroxylation is 1. The Kier molecular flexibility index (Phi) is 11.1. The molecule has 2 aromatic rings. The minimum Gasteiger partial charge on any atom is -0.481 e. The number of benzene rings is 2. The van der Waals surface area contributed by atoms with E-state index < -0.39 is 16.0 Å². The molecule has 1 aliphatic carbocycles. The Morgan fingerprint density at radius 1 is 0.943 bits per heavy atom. The second-order valence-electron chi connectivity index (χ2n) is 9.76. The molecule has 192 valence electrons. The molecule has 0 bridgehead atoms. The SMILES string of the molecule is O=C(O)CCCc1ccc(C(CCCCCC2CCCCC2)NS(=O)(=O)c2ccc(Cl)cc2)cc1. The zero-order chi connectivity index (χ0) is 25.1. The Bertz CT molecular complexity index is 1020. The molecule has 1 unspecified atom stereocenters. The summed E-state index contributed by atoms with van der Waals surface area (Å²) in [6.07, 6.45) is 13.5. The van der Waals surface area contributed by atoms with Gasteiger partial charge in [-0.25, -0.2) is 13.1 Å². The normalized spacial score (nSPS) is 15.7. The Morgan fingerprint density at radius 2 is 1.63 bits per heavy atom. The molecular formula is C28H38ClNO4S. The van der Waals surface area contributed by atoms with Crippen LogP contribution in [0.15, 0.2) is 53.4 Å². The van der Waals surface area contributed by atoms with E-state index in [-0.39, 0.29) is 17.4 Å². The van der Waals surface area contributed by atoms with Gasteiger partial charge in [0.05, 0.1) is 4.90 Å². The molecule has 1 fully saturated rings. The van der Waals surface area contributed by atoms with Crippen molar-refractivity contribution in [2.75, 3.05) is 0 Å². The van der Waals surface area contributed by atoms with E-state index in [0.717, 1.165) is 36.3 Å². The van der Waals surface area contributed by atoms with Gasteiger partial charge in [-0.2, -0.15) is 0 Å². The first-order valence-corrected chi connectivity index (χ1v) is 14.8. The topological polar surface area (TPSA) is 83.5 Å². The Balaban J connectivity index is 1.62. The molecule has 0 spiro atoms. The number of carboxylic acid groups (broad SMARTS) is 1. The summed E-state index contributed by atoms with van der Waals surface area (Å²) in [5, 5.41) is 9.34. The van der Waals surface area contributed by atoms with Crippen molar-refractivity contribution >= 4 is 27.6 Å². The monoisotopic (exact) mass is 519 g/mol. The summed E-state index contributed by atoms with van der Waals surface area (Å²) < 4.78 is 29.1. The molecular weight excluding hydrogens is 482 g/mol. The van der Waals surface area contributed by atoms with Crippen LogP contribution in [0, 0.1) is 5.92 Å². The third-order valence-corrected chi connectivity index (χ3v) is 8.73. The number of carbonyl (C=O) groups is 1. The molecule has 1 aliphatic rings. The van der Waals surface area contributed by atoms with Gasteiger partial charge in [0.25, 0.3) is 0 Å². The highest BCUT2D eigenvalue weighted by Gasteiger charge is 2.21. The fourth-order valence-corrected chi connectivity index (χ4v) is 6.34. The van der Waals surface area contributed by atoms with Crippen molar-refractivity contribution in [1.82, 2.24) is 4.72 Å². The molecule has 0 amide bonds. The smallest absolute Gasteiger partial charge is 0.303 e. The van der Waals surface area contributed by atoms with Crippen molar-refractivity contribution in [1.29, 1.82) is 0 Å². The lowest BCUT2D eigenvalue weighted by Gasteiger charge is -2.22. The van der Waals surface area contributed by atoms with Crippen LogP contribution in [0.4, 0.5) is 0 Å². The standard InChI is InChI=1S/C28H38ClNO4S/c29-25-18-20-26(21-19-25)35(33,34)30-27(12-6-2-5-10-22-8-3-1-4-9-22)24-16-14-23(15-17-24)11-7-13-28(31)32/h14-22,27,30H,1-13H2,(H,31,32). The summed E-state index contributed by atoms with van der Waals surface area (Å²) in [6.45, 7) is 0. The van der Waals surface area contributed by atoms with E-state index in [4.69, 9.17) is 16.7 Å². The van der Waals surface area contributed by atoms with Crippen molar-refractivity contribution in [3.05, 3.63) is 64.7 Å². The second kappa shape index (κ2) is 14.0. The largest absolute Gasteiger partial charge is 0.481 e. The fraction of sp³-hybridized carbons (Fsp3) is 0.536. The molecule has 3 rings (SSSR count). The number of nitrogens with one attached hydrogen (secondary N) is 1. The summed E-state index contributed by atoms with van der Waals surface area (Å²) in [4.78, 5) is 11.0. The van der Waals surface area contributed by atoms with Gasteiger partial charge >= 0.3 is 5.97 Å². The summed E-state index contributed by atoms with van der Waals surface area (Å²) in [5.41, 5.74) is 1.98. The van der Waals surface area contributed by atoms with E-state index in [1.807, 2.05) is 24.3 Å². The van der Waals surface area contributed by atoms with E-state index >= 15 is 0 Å². The van der Waals surface area contributed by atoms with Gasteiger partial charge in [0.1, 0.15) is 0 Å². The molecule has 0 heterocycles. The minimum absolute atomic E-state index is 0.145. The number of carboxylic acids is 1. The van der Waals surface area contributed by atoms with E-state index in [0.29, 0.717) is 17.9 Å². The number of hydrogen-bond acceptors (Lipinski definition) is 3. The van der Waals surface area contributed by atoms with Gasteiger partial charge in [0, 0.05) is 17.5 Å². The maximum atomic E-state index is 13.1. The number of unbranched alkanes of at least 4 members (excludes halogenated alkanes) is 2. The van der Waals surface area contributed by atoms with Gasteiger partial charge in [-0.3, -0.25) is 4.79 Å². The lowest BCUT2D eigenvalue weighted by Crippen LogP contribution is -2.28. The first-order chi connectivity index (χ1) is 16.8. The number of hydrogen-bond donors (Lipinski definition) is 2. The van der Waals surface area contributed by atoms with Crippen molar-refractivity contribution in [3.63, 3.8) is 0 Å². The van der Waals surface area contributed by atoms with Crippen LogP contribution in [-0.4, -0.2) is 19.5 Å². The zero-order valence-electron chi connectivity index (χ0n) is 20.4. The molecule has 5 nitrogen and oxygen atoms in total. The number of sulfonamides is 1. The average molecular weight is 520 g/mol. The molecule has 0 radical (unpaired) electrons. The highest BCUT2D eigenvalue weighted by Crippen LogP contribution is 2.29. The fourth-order valence-electron chi connectivity index (χ4n) is 4.96. The van der Waals surface area contributed by atoms with Crippen LogP contribution in [0.3, 0.4) is 0 Å². The predicted octanol–water partition coefficient (Wildman–Crippen LogP) is 7.30. The lowest BCUT2D eigenvalue weighted by atomic mass is 9.85. The molecule has 35 heavy (non-hydrogen) atoms. The molecule has 1 saturated carbocycles. The van der Waals surface area contributed by atoms with E-state index in [2.05, 4.69) is 4.72 Å². The third kappa shape index (κ3) is 9.59. The third-order valence-electron chi connectivity index (χ3n) is 6.99. The van der Waals surface area contributed by atoms with Gasteiger partial charge in [-0.15, -0.1) is 0 Å². The summed E-state index contributed by atoms with van der Waals surface area (Å²) >= 11 is 5.94. The molecule has 0 aliphatic heterocycles. The van der Waals surface area contributed by atoms with Crippen molar-refractivity contribution in [2.45, 2.75) is 94.4 Å². The Hall–Kier alpha value is -1.89. The van der Waals surface area contributed by atoms with Gasteiger partial charge in [0.15, 0.2) is 0 Å². The average Bonchev–Trinajstić information content (AvgIpc) is 2.84. The maximum Gasteiger partial charge on any atom is 0.303 e. The zero-order valence-corrected chi connectivity index (χ0v) is 22.0. The number of halogens is 1. The first kappa shape index (κ1) is 27.7. The molecule has 0 aromatic heterocycles. The molecule has 1 atom stereocenters. The van der Waals surface area contributed by atoms with Crippen molar-refractivity contribution in [3.8, 4) is 0 Å². The van der Waals surface area contributed by atoms with Crippen LogP contribution >= 0.6 is 11.6 Å². The first-order valence-electron chi connectivity index (χ1n) is 12.9. The van der Waals surface area contributed by atoms with E-state index in [1.54, 1.807) is 12.1 Å². The van der Waals surface area contributed by atoms with Gasteiger partial charge in [0.2, 0.25) is 10.0 Å². The molecule has 2 N–H and O–H groups in total. The van der Waals surface area contributed by atoms with Gasteiger partial charge < -0.3 is 5.11 Å². The van der Waals surface area contributed by atoms with Crippen molar-refractivity contribution < 1.29 is 18.3 Å². The van der Waals surface area contributed by atoms with Crippen LogP contribution in [0.1, 0.15) is 94.2 Å². The Labute approximate surface area is 215 Å². The summed E-state index contributed by atoms with van der Waals surface area (Å²) in [5.74, 6) is 0.0819. The highest BCUT2D eigenvalue weighted by molar-refractivity contribution is 7.89. The van der Waals surface area contributed by atoms with Crippen LogP contribution in [0.2, 0.25) is 5.02 Å². The van der Waals surface area contributed by atoms with Gasteiger partial charge in [-0.1, -0.05) is 93.7 Å². The van der Waals surface area contributed by atoms with E-state index in [9.17, 15) is 13.2 Å². The number of aliphatic carboxylic acids is 1. The predicted molar refractivity (Wildman–Crippen MR) is 141 cm³/mol. The van der Waals surface area contributed by atoms with Crippen LogP contribution in [0.25, 0.3) is 0 Å². The Morgan fingerprint density at radius 3 is 2.29 bits per heavy atom. The highest BCUT2D eigenvalue weighted by atomic mass is 35.5. The molecule has 2 aromatic carbocycles. The minimum atomic E-state index is -3.69. The summed E-state index contributed by atoms with van der Waals surface area (Å²) in [6, 6.07) is 13.8. The van der Waals surface area contributed by atoms with Crippen LogP contribution in [0.5, 0.6) is 0 Å². The summed E-state index contributed by atoms with van der Waals surface area (Å²) in [7, 11) is -3.69. The maximum absolute atomic E-state index is 13.1. The van der Waals surface area contributed by atoms with Crippen LogP contribution in [-0.2, 0) is 21.2 Å². The number of rotatable bonds is 14. The van der Waals surface area contributed by atoms with E-state index in [1.165, 1.54) is 57.1 Å². The molecule has 7 heteroatoms. The van der Waals surface area contributed by atoms with Crippen LogP contribution < -0.4 is 4.72 Å². The molecule has 0 saturated heterocycles. The van der Waals surface area contributed by atoms with Crippen molar-refractivity contribution in [2.24, 2.45) is 5.92 Å². The lowest BCUT2D eigenvalue weighted by molar-refractivity contribution is -0.137. The van der Waals surface area contributed by atoms with Gasteiger partial charge in [-0.05, 0) is 60.6 Å². The quantitative estimate of drug-likeness (QED) is 0.256. The second-order valence-corrected chi connectivity index (χ2v) is 11.9.